The van der Waals surface area contributed by atoms with Crippen molar-refractivity contribution in [1.29, 1.82) is 0 Å². The van der Waals surface area contributed by atoms with Gasteiger partial charge in [0.05, 0.1) is 0 Å². The van der Waals surface area contributed by atoms with Crippen molar-refractivity contribution in [2.24, 2.45) is 10.7 Å². The minimum absolute atomic E-state index is 0.255. The zero-order chi connectivity index (χ0) is 10.1. The molecule has 5 heteroatoms. The van der Waals surface area contributed by atoms with Crippen LogP contribution in [0.15, 0.2) is 17.1 Å². The van der Waals surface area contributed by atoms with Gasteiger partial charge in [0.15, 0.2) is 0 Å². The molecule has 0 bridgehead atoms. The number of aliphatic imine (C=N–C) groups is 1. The summed E-state index contributed by atoms with van der Waals surface area (Å²) >= 11 is 0. The Kier molecular flexibility index (Phi) is 7.93. The predicted octanol–water partition coefficient (Wildman–Crippen LogP) is 1.85. The lowest BCUT2D eigenvalue weighted by atomic mass is 10.5. The first-order valence-electron chi connectivity index (χ1n) is 3.88. The fourth-order valence-corrected chi connectivity index (χ4v) is 2.53. The van der Waals surface area contributed by atoms with Crippen LogP contribution < -0.4 is 5.73 Å². The largest absolute Gasteiger partial charge is 0.370 e. The van der Waals surface area contributed by atoms with Gasteiger partial charge in [-0.3, -0.25) is 9.79 Å². The summed E-state index contributed by atoms with van der Waals surface area (Å²) in [7, 11) is 4.90. The highest BCUT2D eigenvalue weighted by Crippen LogP contribution is 2.24. The average Bonchev–Trinajstić information content (AvgIpc) is 2.10. The molecule has 0 fully saturated rings. The van der Waals surface area contributed by atoms with E-state index in [1.807, 2.05) is 19.1 Å². The Bertz CT molecular complexity index is 214. The molecular formula is C8H14N2OS2. The number of allylic oxidation sites excluding steroid dienone is 1. The summed E-state index contributed by atoms with van der Waals surface area (Å²) in [5.41, 5.74) is 4.99. The van der Waals surface area contributed by atoms with Crippen LogP contribution in [0.1, 0.15) is 13.3 Å². The van der Waals surface area contributed by atoms with E-state index >= 15 is 0 Å². The summed E-state index contributed by atoms with van der Waals surface area (Å²) in [5, 5.41) is 0.956. The molecular weight excluding hydrogens is 204 g/mol. The van der Waals surface area contributed by atoms with Crippen molar-refractivity contribution >= 4 is 32.5 Å². The molecule has 0 aliphatic heterocycles. The van der Waals surface area contributed by atoms with Gasteiger partial charge in [-0.15, -0.1) is 0 Å². The van der Waals surface area contributed by atoms with Crippen LogP contribution in [0, 0.1) is 0 Å². The number of nitrogens with two attached hydrogens (primary N) is 1. The van der Waals surface area contributed by atoms with Gasteiger partial charge in [0.2, 0.25) is 5.91 Å². The van der Waals surface area contributed by atoms with E-state index in [4.69, 9.17) is 5.73 Å². The Morgan fingerprint density at radius 1 is 1.62 bits per heavy atom. The van der Waals surface area contributed by atoms with Crippen LogP contribution in [0.4, 0.5) is 0 Å². The summed E-state index contributed by atoms with van der Waals surface area (Å²) in [6.45, 7) is 1.94. The van der Waals surface area contributed by atoms with Gasteiger partial charge in [-0.1, -0.05) is 16.9 Å². The maximum atomic E-state index is 10.4. The van der Waals surface area contributed by atoms with Crippen molar-refractivity contribution in [2.75, 3.05) is 12.8 Å². The van der Waals surface area contributed by atoms with Gasteiger partial charge in [-0.05, 0) is 23.8 Å². The van der Waals surface area contributed by atoms with Crippen LogP contribution in [0.5, 0.6) is 0 Å². The van der Waals surface area contributed by atoms with E-state index in [1.54, 1.807) is 28.6 Å². The second-order valence-corrected chi connectivity index (χ2v) is 4.62. The molecule has 0 aliphatic carbocycles. The second kappa shape index (κ2) is 8.19. The average molecular weight is 218 g/mol. The van der Waals surface area contributed by atoms with Gasteiger partial charge in [0.1, 0.15) is 5.04 Å². The van der Waals surface area contributed by atoms with Crippen molar-refractivity contribution in [1.82, 2.24) is 0 Å². The van der Waals surface area contributed by atoms with Gasteiger partial charge in [-0.2, -0.15) is 0 Å². The predicted molar refractivity (Wildman–Crippen MR) is 62.0 cm³/mol. The maximum absolute atomic E-state index is 10.4. The molecule has 0 spiro atoms. The van der Waals surface area contributed by atoms with Crippen LogP contribution in [0.25, 0.3) is 0 Å². The first-order valence-corrected chi connectivity index (χ1v) is 6.19. The van der Waals surface area contributed by atoms with Crippen molar-refractivity contribution in [3.05, 3.63) is 12.2 Å². The number of primary amides is 1. The third kappa shape index (κ3) is 7.93. The third-order valence-corrected chi connectivity index (χ3v) is 3.45. The van der Waals surface area contributed by atoms with E-state index in [9.17, 15) is 4.79 Å². The Hall–Kier alpha value is -0.420. The molecule has 0 aromatic heterocycles. The number of hydrogen-bond acceptors (Lipinski definition) is 4. The molecule has 13 heavy (non-hydrogen) atoms. The monoisotopic (exact) mass is 218 g/mol. The molecule has 0 heterocycles. The van der Waals surface area contributed by atoms with Crippen molar-refractivity contribution in [3.8, 4) is 0 Å². The number of nitrogens with zero attached hydrogens (tertiary/aromatic N) is 1. The Balaban J connectivity index is 3.56. The summed E-state index contributed by atoms with van der Waals surface area (Å²) in [6, 6.07) is 0. The first kappa shape index (κ1) is 12.6. The maximum Gasteiger partial charge on any atom is 0.218 e. The number of carbonyl (C=O) groups excluding carboxylic acids is 1. The van der Waals surface area contributed by atoms with Crippen LogP contribution in [0.3, 0.4) is 0 Å². The molecule has 0 aromatic carbocycles. The van der Waals surface area contributed by atoms with E-state index in [-0.39, 0.29) is 5.91 Å². The molecule has 0 radical (unpaired) electrons. The highest BCUT2D eigenvalue weighted by molar-refractivity contribution is 8.82. The normalized spacial score (nSPS) is 12.3. The zero-order valence-electron chi connectivity index (χ0n) is 7.82. The Morgan fingerprint density at radius 2 is 2.31 bits per heavy atom. The number of carbonyl (C=O) groups is 1. The van der Waals surface area contributed by atoms with Gasteiger partial charge < -0.3 is 5.73 Å². The molecule has 2 N–H and O–H groups in total. The molecule has 0 aliphatic rings. The molecule has 74 valence electrons. The molecule has 0 rings (SSSR count). The fourth-order valence-electron chi connectivity index (χ4n) is 0.526. The van der Waals surface area contributed by atoms with Crippen molar-refractivity contribution in [3.63, 3.8) is 0 Å². The topological polar surface area (TPSA) is 55.4 Å². The minimum Gasteiger partial charge on any atom is -0.370 e. The molecule has 0 atom stereocenters. The van der Waals surface area contributed by atoms with E-state index in [2.05, 4.69) is 4.99 Å². The quantitative estimate of drug-likeness (QED) is 0.331. The summed E-state index contributed by atoms with van der Waals surface area (Å²) in [5.74, 6) is 0.477. The molecule has 0 saturated carbocycles. The Morgan fingerprint density at radius 3 is 2.77 bits per heavy atom. The van der Waals surface area contributed by atoms with Gasteiger partial charge in [-0.25, -0.2) is 0 Å². The number of hydrogen-bond donors (Lipinski definition) is 1. The lowest BCUT2D eigenvalue weighted by molar-refractivity contribution is -0.117. The number of amides is 1. The fraction of sp³-hybridized carbons (Fsp3) is 0.500. The van der Waals surface area contributed by atoms with Gasteiger partial charge in [0.25, 0.3) is 0 Å². The molecule has 0 saturated heterocycles. The number of rotatable bonds is 5. The molecule has 3 nitrogen and oxygen atoms in total. The van der Waals surface area contributed by atoms with Crippen molar-refractivity contribution < 1.29 is 4.79 Å². The van der Waals surface area contributed by atoms with Crippen LogP contribution >= 0.6 is 21.6 Å². The SMILES string of the molecule is C/C=C\C(=NC)SSCCC(N)=O. The lowest BCUT2D eigenvalue weighted by Crippen LogP contribution is -2.10. The van der Waals surface area contributed by atoms with E-state index in [1.165, 1.54) is 0 Å². The van der Waals surface area contributed by atoms with Crippen LogP contribution in [-0.2, 0) is 4.79 Å². The summed E-state index contributed by atoms with van der Waals surface area (Å²) in [6.07, 6.45) is 4.29. The molecule has 1 amide bonds. The van der Waals surface area contributed by atoms with Gasteiger partial charge in [0, 0.05) is 19.2 Å². The van der Waals surface area contributed by atoms with E-state index in [0.29, 0.717) is 6.42 Å². The van der Waals surface area contributed by atoms with E-state index < -0.39 is 0 Å². The third-order valence-electron chi connectivity index (χ3n) is 1.11. The van der Waals surface area contributed by atoms with Crippen LogP contribution in [0.2, 0.25) is 0 Å². The highest BCUT2D eigenvalue weighted by Gasteiger charge is 1.97. The molecule has 0 aromatic rings. The standard InChI is InChI=1S/C8H14N2OS2/c1-3-4-8(10-2)13-12-6-5-7(9)11/h3-4H,5-6H2,1-2H3,(H2,9,11)/b4-3-,10-8?. The van der Waals surface area contributed by atoms with E-state index in [0.717, 1.165) is 10.8 Å². The first-order chi connectivity index (χ1) is 6.20. The Labute approximate surface area is 86.6 Å². The van der Waals surface area contributed by atoms with Gasteiger partial charge >= 0.3 is 0 Å². The highest BCUT2D eigenvalue weighted by atomic mass is 33.1. The summed E-state index contributed by atoms with van der Waals surface area (Å²) < 4.78 is 0. The van der Waals surface area contributed by atoms with Crippen molar-refractivity contribution in [2.45, 2.75) is 13.3 Å². The summed E-state index contributed by atoms with van der Waals surface area (Å²) in [4.78, 5) is 14.4. The smallest absolute Gasteiger partial charge is 0.218 e. The second-order valence-electron chi connectivity index (χ2n) is 2.18. The molecule has 0 unspecified atom stereocenters. The lowest BCUT2D eigenvalue weighted by Gasteiger charge is -1.98. The zero-order valence-corrected chi connectivity index (χ0v) is 9.45. The minimum atomic E-state index is -0.255. The van der Waals surface area contributed by atoms with Crippen LogP contribution in [-0.4, -0.2) is 23.8 Å².